The molecule has 0 aliphatic carbocycles. The second kappa shape index (κ2) is 8.06. The molecule has 1 saturated heterocycles. The smallest absolute Gasteiger partial charge is 0.000756 e. The van der Waals surface area contributed by atoms with Crippen molar-refractivity contribution in [3.63, 3.8) is 0 Å². The van der Waals surface area contributed by atoms with Crippen LogP contribution in [0.1, 0.15) is 32.6 Å². The molecule has 3 nitrogen and oxygen atoms in total. The largest absolute Gasteiger partial charge is 0.330 e. The number of nitrogens with zero attached hydrogens (tertiary/aromatic N) is 2. The third-order valence-electron chi connectivity index (χ3n) is 4.24. The monoisotopic (exact) mass is 241 g/mol. The minimum atomic E-state index is 0.718. The summed E-state index contributed by atoms with van der Waals surface area (Å²) in [6.07, 6.45) is 5.22. The molecule has 1 heterocycles. The van der Waals surface area contributed by atoms with Crippen LogP contribution in [-0.2, 0) is 0 Å². The lowest BCUT2D eigenvalue weighted by Gasteiger charge is -2.32. The van der Waals surface area contributed by atoms with E-state index in [1.807, 2.05) is 0 Å². The van der Waals surface area contributed by atoms with Crippen LogP contribution in [0.4, 0.5) is 0 Å². The lowest BCUT2D eigenvalue weighted by atomic mass is 9.96. The molecule has 0 saturated carbocycles. The number of piperidine rings is 1. The summed E-state index contributed by atoms with van der Waals surface area (Å²) in [5.41, 5.74) is 5.75. The van der Waals surface area contributed by atoms with Gasteiger partial charge in [-0.2, -0.15) is 0 Å². The van der Waals surface area contributed by atoms with Crippen LogP contribution in [0.25, 0.3) is 0 Å². The molecule has 0 aromatic heterocycles. The van der Waals surface area contributed by atoms with Crippen molar-refractivity contribution in [3.05, 3.63) is 0 Å². The molecule has 1 rings (SSSR count). The van der Waals surface area contributed by atoms with Crippen LogP contribution >= 0.6 is 0 Å². The van der Waals surface area contributed by atoms with Crippen molar-refractivity contribution in [2.45, 2.75) is 32.6 Å². The highest BCUT2D eigenvalue weighted by Gasteiger charge is 2.18. The first kappa shape index (κ1) is 14.9. The fraction of sp³-hybridized carbons (Fsp3) is 1.00. The first-order valence-electron chi connectivity index (χ1n) is 7.22. The van der Waals surface area contributed by atoms with Crippen molar-refractivity contribution in [2.24, 2.45) is 17.6 Å². The van der Waals surface area contributed by atoms with E-state index in [4.69, 9.17) is 5.73 Å². The van der Waals surface area contributed by atoms with Gasteiger partial charge in [0, 0.05) is 6.54 Å². The average Bonchev–Trinajstić information content (AvgIpc) is 2.33. The molecule has 1 unspecified atom stereocenters. The van der Waals surface area contributed by atoms with Gasteiger partial charge >= 0.3 is 0 Å². The van der Waals surface area contributed by atoms with Gasteiger partial charge in [0.25, 0.3) is 0 Å². The van der Waals surface area contributed by atoms with Gasteiger partial charge in [-0.15, -0.1) is 0 Å². The molecular formula is C14H31N3. The van der Waals surface area contributed by atoms with E-state index in [0.29, 0.717) is 0 Å². The van der Waals surface area contributed by atoms with Crippen molar-refractivity contribution in [1.29, 1.82) is 0 Å². The molecule has 3 heteroatoms. The first-order valence-corrected chi connectivity index (χ1v) is 7.22. The van der Waals surface area contributed by atoms with Crippen molar-refractivity contribution in [3.8, 4) is 0 Å². The molecule has 102 valence electrons. The molecule has 17 heavy (non-hydrogen) atoms. The highest BCUT2D eigenvalue weighted by atomic mass is 15.1. The summed E-state index contributed by atoms with van der Waals surface area (Å²) >= 11 is 0. The summed E-state index contributed by atoms with van der Waals surface area (Å²) in [5, 5.41) is 0. The van der Waals surface area contributed by atoms with E-state index in [1.54, 1.807) is 0 Å². The van der Waals surface area contributed by atoms with Crippen LogP contribution in [0.2, 0.25) is 0 Å². The number of likely N-dealkylation sites (tertiary alicyclic amines) is 1. The Balaban J connectivity index is 2.14. The SMILES string of the molecule is CCC(CN)CCN(C)CC1CCN(C)CC1. The molecule has 0 amide bonds. The van der Waals surface area contributed by atoms with Gasteiger partial charge in [0.05, 0.1) is 0 Å². The number of nitrogens with two attached hydrogens (primary N) is 1. The number of hydrogen-bond donors (Lipinski definition) is 1. The van der Waals surface area contributed by atoms with Crippen LogP contribution in [0.15, 0.2) is 0 Å². The molecular weight excluding hydrogens is 210 g/mol. The topological polar surface area (TPSA) is 32.5 Å². The summed E-state index contributed by atoms with van der Waals surface area (Å²) in [4.78, 5) is 4.95. The van der Waals surface area contributed by atoms with Gasteiger partial charge in [0.2, 0.25) is 0 Å². The van der Waals surface area contributed by atoms with Crippen LogP contribution < -0.4 is 5.73 Å². The van der Waals surface area contributed by atoms with Crippen LogP contribution in [-0.4, -0.2) is 56.6 Å². The average molecular weight is 241 g/mol. The Labute approximate surface area is 107 Å². The van der Waals surface area contributed by atoms with Crippen molar-refractivity contribution in [1.82, 2.24) is 9.80 Å². The fourth-order valence-corrected chi connectivity index (χ4v) is 2.67. The minimum Gasteiger partial charge on any atom is -0.330 e. The summed E-state index contributed by atoms with van der Waals surface area (Å²) in [6, 6.07) is 0. The molecule has 2 N–H and O–H groups in total. The molecule has 0 bridgehead atoms. The first-order chi connectivity index (χ1) is 8.15. The third-order valence-corrected chi connectivity index (χ3v) is 4.24. The van der Waals surface area contributed by atoms with Gasteiger partial charge in [0.1, 0.15) is 0 Å². The van der Waals surface area contributed by atoms with E-state index in [9.17, 15) is 0 Å². The molecule has 1 aliphatic rings. The van der Waals surface area contributed by atoms with E-state index in [0.717, 1.165) is 18.4 Å². The predicted octanol–water partition coefficient (Wildman–Crippen LogP) is 1.64. The van der Waals surface area contributed by atoms with Crippen molar-refractivity contribution >= 4 is 0 Å². The Morgan fingerprint density at radius 3 is 2.53 bits per heavy atom. The maximum atomic E-state index is 5.75. The summed E-state index contributed by atoms with van der Waals surface area (Å²) in [5.74, 6) is 1.63. The van der Waals surface area contributed by atoms with Gasteiger partial charge in [0.15, 0.2) is 0 Å². The molecule has 1 aliphatic heterocycles. The third kappa shape index (κ3) is 5.84. The molecule has 1 atom stereocenters. The number of hydrogen-bond acceptors (Lipinski definition) is 3. The molecule has 1 fully saturated rings. The Hall–Kier alpha value is -0.120. The van der Waals surface area contributed by atoms with E-state index in [2.05, 4.69) is 30.8 Å². The molecule has 0 aromatic rings. The highest BCUT2D eigenvalue weighted by molar-refractivity contribution is 4.73. The lowest BCUT2D eigenvalue weighted by molar-refractivity contribution is 0.172. The van der Waals surface area contributed by atoms with Gasteiger partial charge < -0.3 is 15.5 Å². The second-order valence-electron chi connectivity index (χ2n) is 5.81. The van der Waals surface area contributed by atoms with Crippen LogP contribution in [0, 0.1) is 11.8 Å². The Kier molecular flexibility index (Phi) is 7.09. The maximum absolute atomic E-state index is 5.75. The summed E-state index contributed by atoms with van der Waals surface area (Å²) in [6.45, 7) is 8.13. The molecule has 0 spiro atoms. The Morgan fingerprint density at radius 2 is 2.00 bits per heavy atom. The van der Waals surface area contributed by atoms with Crippen molar-refractivity contribution < 1.29 is 0 Å². The van der Waals surface area contributed by atoms with Gasteiger partial charge in [-0.25, -0.2) is 0 Å². The molecule has 0 radical (unpaired) electrons. The van der Waals surface area contributed by atoms with Gasteiger partial charge in [-0.3, -0.25) is 0 Å². The van der Waals surface area contributed by atoms with E-state index in [-0.39, 0.29) is 0 Å². The highest BCUT2D eigenvalue weighted by Crippen LogP contribution is 2.17. The number of rotatable bonds is 7. The minimum absolute atomic E-state index is 0.718. The zero-order valence-corrected chi connectivity index (χ0v) is 12.0. The van der Waals surface area contributed by atoms with Crippen molar-refractivity contribution in [2.75, 3.05) is 46.8 Å². The Bertz CT molecular complexity index is 184. The zero-order valence-electron chi connectivity index (χ0n) is 12.0. The normalized spacial score (nSPS) is 21.0. The van der Waals surface area contributed by atoms with E-state index in [1.165, 1.54) is 51.9 Å². The Morgan fingerprint density at radius 1 is 1.35 bits per heavy atom. The summed E-state index contributed by atoms with van der Waals surface area (Å²) in [7, 11) is 4.49. The second-order valence-corrected chi connectivity index (χ2v) is 5.81. The standard InChI is InChI=1S/C14H31N3/c1-4-13(11-15)5-10-17(3)12-14-6-8-16(2)9-7-14/h13-14H,4-12,15H2,1-3H3. The quantitative estimate of drug-likeness (QED) is 0.735. The lowest BCUT2D eigenvalue weighted by Crippen LogP contribution is -2.36. The summed E-state index contributed by atoms with van der Waals surface area (Å²) < 4.78 is 0. The van der Waals surface area contributed by atoms with E-state index >= 15 is 0 Å². The fourth-order valence-electron chi connectivity index (χ4n) is 2.67. The zero-order chi connectivity index (χ0) is 12.7. The van der Waals surface area contributed by atoms with Gasteiger partial charge in [-0.1, -0.05) is 13.3 Å². The molecule has 0 aromatic carbocycles. The maximum Gasteiger partial charge on any atom is 0.000756 e. The van der Waals surface area contributed by atoms with E-state index < -0.39 is 0 Å². The predicted molar refractivity (Wildman–Crippen MR) is 75.2 cm³/mol. The van der Waals surface area contributed by atoms with Crippen LogP contribution in [0.3, 0.4) is 0 Å². The van der Waals surface area contributed by atoms with Crippen LogP contribution in [0.5, 0.6) is 0 Å². The van der Waals surface area contributed by atoms with Gasteiger partial charge in [-0.05, 0) is 71.4 Å².